The van der Waals surface area contributed by atoms with Crippen LogP contribution in [-0.4, -0.2) is 51.9 Å². The van der Waals surface area contributed by atoms with Crippen molar-refractivity contribution < 1.29 is 9.18 Å². The first-order valence-electron chi connectivity index (χ1n) is 10.1. The van der Waals surface area contributed by atoms with Crippen LogP contribution in [0.15, 0.2) is 42.9 Å². The minimum atomic E-state index is -0.190. The molecule has 0 saturated carbocycles. The van der Waals surface area contributed by atoms with Crippen LogP contribution < -0.4 is 0 Å². The van der Waals surface area contributed by atoms with Gasteiger partial charge in [-0.05, 0) is 49.9 Å². The van der Waals surface area contributed by atoms with Gasteiger partial charge in [0.2, 0.25) is 5.91 Å². The highest BCUT2D eigenvalue weighted by molar-refractivity contribution is 5.76. The number of aromatic nitrogens is 2. The van der Waals surface area contributed by atoms with Crippen LogP contribution in [-0.2, 0) is 17.8 Å². The van der Waals surface area contributed by atoms with Gasteiger partial charge in [0.05, 0.1) is 5.69 Å². The number of carbonyl (C=O) groups excluding carboxylic acids is 1. The van der Waals surface area contributed by atoms with E-state index in [-0.39, 0.29) is 17.1 Å². The minimum Gasteiger partial charge on any atom is -0.342 e. The number of hydrogen-bond donors (Lipinski definition) is 0. The Labute approximate surface area is 165 Å². The van der Waals surface area contributed by atoms with E-state index in [1.807, 2.05) is 17.0 Å². The Morgan fingerprint density at radius 1 is 1.11 bits per heavy atom. The average molecular weight is 382 g/mol. The van der Waals surface area contributed by atoms with E-state index in [1.54, 1.807) is 18.6 Å². The predicted molar refractivity (Wildman–Crippen MR) is 105 cm³/mol. The molecule has 2 aliphatic rings. The van der Waals surface area contributed by atoms with Gasteiger partial charge in [-0.2, -0.15) is 0 Å². The lowest BCUT2D eigenvalue weighted by Crippen LogP contribution is -2.45. The van der Waals surface area contributed by atoms with Gasteiger partial charge in [0.15, 0.2) is 0 Å². The number of piperidine rings is 1. The van der Waals surface area contributed by atoms with E-state index >= 15 is 0 Å². The number of aryl methyl sites for hydroxylation is 1. The standard InChI is InChI=1S/C22H27FN4O/c23-19-4-2-18(3-5-19)15-26-12-1-8-22(16-26)9-13-27(17-22)21(28)7-6-20-14-24-10-11-25-20/h2-5,10-11,14H,1,6-9,12-13,15-17H2. The Balaban J connectivity index is 1.31. The molecule has 2 aliphatic heterocycles. The van der Waals surface area contributed by atoms with Crippen LogP contribution in [0.3, 0.4) is 0 Å². The Morgan fingerprint density at radius 2 is 1.96 bits per heavy atom. The molecule has 1 atom stereocenters. The summed E-state index contributed by atoms with van der Waals surface area (Å²) in [6, 6.07) is 6.80. The van der Waals surface area contributed by atoms with Gasteiger partial charge in [-0.15, -0.1) is 0 Å². The maximum Gasteiger partial charge on any atom is 0.222 e. The summed E-state index contributed by atoms with van der Waals surface area (Å²) < 4.78 is 13.1. The summed E-state index contributed by atoms with van der Waals surface area (Å²) in [5.41, 5.74) is 2.22. The molecular formula is C22H27FN4O. The van der Waals surface area contributed by atoms with Crippen LogP contribution in [0.2, 0.25) is 0 Å². The van der Waals surface area contributed by atoms with Crippen LogP contribution in [0.5, 0.6) is 0 Å². The van der Waals surface area contributed by atoms with Gasteiger partial charge < -0.3 is 4.90 Å². The summed E-state index contributed by atoms with van der Waals surface area (Å²) in [4.78, 5) is 25.5. The predicted octanol–water partition coefficient (Wildman–Crippen LogP) is 3.06. The van der Waals surface area contributed by atoms with E-state index in [4.69, 9.17) is 0 Å². The van der Waals surface area contributed by atoms with Crippen molar-refractivity contribution in [3.05, 3.63) is 59.9 Å². The van der Waals surface area contributed by atoms with E-state index < -0.39 is 0 Å². The molecule has 2 aromatic rings. The van der Waals surface area contributed by atoms with Crippen molar-refractivity contribution >= 4 is 5.91 Å². The smallest absolute Gasteiger partial charge is 0.222 e. The fourth-order valence-corrected chi connectivity index (χ4v) is 4.63. The lowest BCUT2D eigenvalue weighted by atomic mass is 9.79. The molecule has 4 rings (SSSR count). The fraction of sp³-hybridized carbons (Fsp3) is 0.500. The highest BCUT2D eigenvalue weighted by Gasteiger charge is 2.42. The fourth-order valence-electron chi connectivity index (χ4n) is 4.63. The topological polar surface area (TPSA) is 49.3 Å². The Hall–Kier alpha value is -2.34. The summed E-state index contributed by atoms with van der Waals surface area (Å²) >= 11 is 0. The third-order valence-electron chi connectivity index (χ3n) is 6.06. The summed E-state index contributed by atoms with van der Waals surface area (Å²) in [6.45, 7) is 4.64. The van der Waals surface area contributed by atoms with Gasteiger partial charge in [-0.3, -0.25) is 19.7 Å². The van der Waals surface area contributed by atoms with E-state index in [0.717, 1.165) is 56.8 Å². The maximum atomic E-state index is 13.1. The first-order valence-corrected chi connectivity index (χ1v) is 10.1. The zero-order valence-electron chi connectivity index (χ0n) is 16.2. The molecule has 2 saturated heterocycles. The molecule has 28 heavy (non-hydrogen) atoms. The number of amides is 1. The lowest BCUT2D eigenvalue weighted by Gasteiger charge is -2.40. The second-order valence-corrected chi connectivity index (χ2v) is 8.20. The van der Waals surface area contributed by atoms with Crippen molar-refractivity contribution in [2.24, 2.45) is 5.41 Å². The third-order valence-corrected chi connectivity index (χ3v) is 6.06. The average Bonchev–Trinajstić information content (AvgIpc) is 3.12. The number of halogens is 1. The molecule has 148 valence electrons. The molecule has 0 N–H and O–H groups in total. The number of benzene rings is 1. The Morgan fingerprint density at radius 3 is 2.75 bits per heavy atom. The van der Waals surface area contributed by atoms with Crippen molar-refractivity contribution in [2.75, 3.05) is 26.2 Å². The third kappa shape index (κ3) is 4.55. The van der Waals surface area contributed by atoms with Gasteiger partial charge in [0.25, 0.3) is 0 Å². The van der Waals surface area contributed by atoms with Gasteiger partial charge in [0.1, 0.15) is 5.82 Å². The Bertz CT molecular complexity index is 798. The molecular weight excluding hydrogens is 355 g/mol. The van der Waals surface area contributed by atoms with Gasteiger partial charge in [-0.25, -0.2) is 4.39 Å². The zero-order chi connectivity index (χ0) is 19.4. The SMILES string of the molecule is O=C(CCc1cnccn1)N1CCC2(CCCN(Cc3ccc(F)cc3)C2)C1. The highest BCUT2D eigenvalue weighted by atomic mass is 19.1. The number of hydrogen-bond acceptors (Lipinski definition) is 4. The van der Waals surface area contributed by atoms with E-state index in [0.29, 0.717) is 12.8 Å². The van der Waals surface area contributed by atoms with Gasteiger partial charge in [-0.1, -0.05) is 12.1 Å². The Kier molecular flexibility index (Phi) is 5.67. The van der Waals surface area contributed by atoms with Crippen molar-refractivity contribution in [1.29, 1.82) is 0 Å². The largest absolute Gasteiger partial charge is 0.342 e. The van der Waals surface area contributed by atoms with Crippen LogP contribution in [0.4, 0.5) is 4.39 Å². The molecule has 5 nitrogen and oxygen atoms in total. The number of nitrogens with zero attached hydrogens (tertiary/aromatic N) is 4. The molecule has 0 bridgehead atoms. The molecule has 3 heterocycles. The molecule has 0 radical (unpaired) electrons. The van der Waals surface area contributed by atoms with Crippen LogP contribution >= 0.6 is 0 Å². The quantitative estimate of drug-likeness (QED) is 0.798. The second-order valence-electron chi connectivity index (χ2n) is 8.20. The molecule has 6 heteroatoms. The van der Waals surface area contributed by atoms with Crippen molar-refractivity contribution in [2.45, 2.75) is 38.6 Å². The van der Waals surface area contributed by atoms with E-state index in [2.05, 4.69) is 14.9 Å². The summed E-state index contributed by atoms with van der Waals surface area (Å²) in [5.74, 6) is 0.0310. The zero-order valence-corrected chi connectivity index (χ0v) is 16.2. The molecule has 2 fully saturated rings. The van der Waals surface area contributed by atoms with E-state index in [9.17, 15) is 9.18 Å². The lowest BCUT2D eigenvalue weighted by molar-refractivity contribution is -0.130. The van der Waals surface area contributed by atoms with Crippen molar-refractivity contribution in [3.8, 4) is 0 Å². The second kappa shape index (κ2) is 8.35. The summed E-state index contributed by atoms with van der Waals surface area (Å²) in [6.07, 6.45) is 9.60. The first-order chi connectivity index (χ1) is 13.6. The molecule has 1 aromatic carbocycles. The molecule has 1 aromatic heterocycles. The van der Waals surface area contributed by atoms with Crippen LogP contribution in [0.1, 0.15) is 36.9 Å². The highest BCUT2D eigenvalue weighted by Crippen LogP contribution is 2.39. The molecule has 1 spiro atoms. The van der Waals surface area contributed by atoms with Gasteiger partial charge >= 0.3 is 0 Å². The van der Waals surface area contributed by atoms with Crippen molar-refractivity contribution in [1.82, 2.24) is 19.8 Å². The molecule has 1 amide bonds. The normalized spacial score (nSPS) is 22.7. The van der Waals surface area contributed by atoms with Crippen LogP contribution in [0.25, 0.3) is 0 Å². The minimum absolute atomic E-state index is 0.190. The molecule has 0 aliphatic carbocycles. The molecule has 1 unspecified atom stereocenters. The number of likely N-dealkylation sites (tertiary alicyclic amines) is 2. The van der Waals surface area contributed by atoms with Crippen molar-refractivity contribution in [3.63, 3.8) is 0 Å². The first kappa shape index (κ1) is 19.0. The number of carbonyl (C=O) groups is 1. The maximum absolute atomic E-state index is 13.1. The summed E-state index contributed by atoms with van der Waals surface area (Å²) in [5, 5.41) is 0. The van der Waals surface area contributed by atoms with E-state index in [1.165, 1.54) is 18.6 Å². The number of rotatable bonds is 5. The van der Waals surface area contributed by atoms with Gasteiger partial charge in [0, 0.05) is 56.6 Å². The van der Waals surface area contributed by atoms with Crippen LogP contribution in [0, 0.1) is 11.2 Å². The monoisotopic (exact) mass is 382 g/mol. The summed E-state index contributed by atoms with van der Waals surface area (Å²) in [7, 11) is 0.